The van der Waals surface area contributed by atoms with E-state index in [4.69, 9.17) is 4.74 Å². The van der Waals surface area contributed by atoms with E-state index in [0.29, 0.717) is 5.56 Å². The van der Waals surface area contributed by atoms with Crippen molar-refractivity contribution in [2.24, 2.45) is 0 Å². The summed E-state index contributed by atoms with van der Waals surface area (Å²) in [5, 5.41) is 2.93. The van der Waals surface area contributed by atoms with Crippen LogP contribution >= 0.6 is 0 Å². The minimum atomic E-state index is -3.46. The molecule has 0 radical (unpaired) electrons. The van der Waals surface area contributed by atoms with E-state index in [0.717, 1.165) is 24.7 Å². The summed E-state index contributed by atoms with van der Waals surface area (Å²) >= 11 is 0. The van der Waals surface area contributed by atoms with Crippen LogP contribution in [0.4, 0.5) is 0 Å². The van der Waals surface area contributed by atoms with Gasteiger partial charge in [0.1, 0.15) is 0 Å². The van der Waals surface area contributed by atoms with Crippen molar-refractivity contribution in [2.75, 3.05) is 6.26 Å². The number of carbonyl (C=O) groups excluding carboxylic acids is 2. The molecule has 2 aromatic carbocycles. The fraction of sp³-hybridized carbons (Fsp3) is 0.364. The van der Waals surface area contributed by atoms with Gasteiger partial charge in [-0.2, -0.15) is 0 Å². The van der Waals surface area contributed by atoms with Crippen molar-refractivity contribution in [3.05, 3.63) is 65.2 Å². The molecule has 1 N–H and O–H groups in total. The average molecular weight is 418 g/mol. The minimum absolute atomic E-state index is 0.0271. The van der Waals surface area contributed by atoms with Gasteiger partial charge in [-0.3, -0.25) is 4.79 Å². The monoisotopic (exact) mass is 417 g/mol. The molecule has 0 aliphatic carbocycles. The van der Waals surface area contributed by atoms with Crippen LogP contribution in [0.5, 0.6) is 0 Å². The third-order valence-electron chi connectivity index (χ3n) is 4.61. The van der Waals surface area contributed by atoms with Gasteiger partial charge in [-0.15, -0.1) is 0 Å². The maximum atomic E-state index is 12.6. The molecule has 0 aliphatic heterocycles. The zero-order valence-electron chi connectivity index (χ0n) is 17.1. The number of hydrogen-bond donors (Lipinski definition) is 1. The minimum Gasteiger partial charge on any atom is -0.449 e. The SMILES string of the molecule is CCC[C@@H](NC(=O)[C@@H](C)OC(=O)c1cc(S(C)(=O)=O)ccc1C)c1ccccc1. The predicted octanol–water partition coefficient (Wildman–Crippen LogP) is 3.60. The van der Waals surface area contributed by atoms with Crippen molar-refractivity contribution in [1.82, 2.24) is 5.32 Å². The number of aryl methyl sites for hydroxylation is 1. The zero-order chi connectivity index (χ0) is 21.6. The van der Waals surface area contributed by atoms with E-state index in [1.165, 1.54) is 19.1 Å². The van der Waals surface area contributed by atoms with Gasteiger partial charge in [-0.25, -0.2) is 13.2 Å². The molecule has 0 spiro atoms. The summed E-state index contributed by atoms with van der Waals surface area (Å²) in [6.45, 7) is 5.21. The fourth-order valence-electron chi connectivity index (χ4n) is 2.91. The van der Waals surface area contributed by atoms with Crippen LogP contribution in [0.3, 0.4) is 0 Å². The maximum Gasteiger partial charge on any atom is 0.339 e. The van der Waals surface area contributed by atoms with Crippen LogP contribution < -0.4 is 5.32 Å². The Kier molecular flexibility index (Phi) is 7.56. The van der Waals surface area contributed by atoms with E-state index in [-0.39, 0.29) is 16.5 Å². The van der Waals surface area contributed by atoms with Gasteiger partial charge in [-0.1, -0.05) is 49.7 Å². The lowest BCUT2D eigenvalue weighted by Gasteiger charge is -2.21. The van der Waals surface area contributed by atoms with Crippen LogP contribution in [-0.4, -0.2) is 32.7 Å². The number of amides is 1. The molecular formula is C22H27NO5S. The van der Waals surface area contributed by atoms with E-state index in [9.17, 15) is 18.0 Å². The molecule has 29 heavy (non-hydrogen) atoms. The molecule has 2 aromatic rings. The van der Waals surface area contributed by atoms with Gasteiger partial charge in [0.15, 0.2) is 15.9 Å². The average Bonchev–Trinajstić information content (AvgIpc) is 2.67. The van der Waals surface area contributed by atoms with E-state index in [1.807, 2.05) is 37.3 Å². The van der Waals surface area contributed by atoms with E-state index in [1.54, 1.807) is 13.0 Å². The Labute approximate surface area is 172 Å². The van der Waals surface area contributed by atoms with Gasteiger partial charge in [-0.05, 0) is 43.5 Å². The largest absolute Gasteiger partial charge is 0.449 e. The highest BCUT2D eigenvalue weighted by Gasteiger charge is 2.23. The Bertz CT molecular complexity index is 970. The van der Waals surface area contributed by atoms with Crippen LogP contribution in [0.15, 0.2) is 53.4 Å². The molecule has 6 nitrogen and oxygen atoms in total. The number of esters is 1. The zero-order valence-corrected chi connectivity index (χ0v) is 18.0. The first kappa shape index (κ1) is 22.6. The number of benzene rings is 2. The summed E-state index contributed by atoms with van der Waals surface area (Å²) in [6.07, 6.45) is 1.68. The third-order valence-corrected chi connectivity index (χ3v) is 5.72. The van der Waals surface area contributed by atoms with E-state index in [2.05, 4.69) is 5.32 Å². The number of ether oxygens (including phenoxy) is 1. The summed E-state index contributed by atoms with van der Waals surface area (Å²) in [7, 11) is -3.46. The first-order valence-electron chi connectivity index (χ1n) is 9.50. The second-order valence-electron chi connectivity index (χ2n) is 7.06. The molecule has 0 unspecified atom stereocenters. The van der Waals surface area contributed by atoms with Crippen molar-refractivity contribution < 1.29 is 22.7 Å². The highest BCUT2D eigenvalue weighted by atomic mass is 32.2. The molecular weight excluding hydrogens is 390 g/mol. The lowest BCUT2D eigenvalue weighted by molar-refractivity contribution is -0.129. The molecule has 7 heteroatoms. The van der Waals surface area contributed by atoms with E-state index >= 15 is 0 Å². The second-order valence-corrected chi connectivity index (χ2v) is 9.07. The molecule has 0 heterocycles. The Balaban J connectivity index is 2.11. The van der Waals surface area contributed by atoms with Crippen LogP contribution in [0.25, 0.3) is 0 Å². The standard InChI is InChI=1S/C22H27NO5S/c1-5-9-20(17-10-7-6-8-11-17)23-21(24)16(3)28-22(25)19-14-18(29(4,26)27)13-12-15(19)2/h6-8,10-14,16,20H,5,9H2,1-4H3,(H,23,24)/t16-,20-/m1/s1. The number of sulfone groups is 1. The summed E-state index contributed by atoms with van der Waals surface area (Å²) < 4.78 is 28.8. The van der Waals surface area contributed by atoms with Gasteiger partial charge in [0.05, 0.1) is 16.5 Å². The first-order chi connectivity index (χ1) is 13.6. The van der Waals surface area contributed by atoms with Gasteiger partial charge < -0.3 is 10.1 Å². The van der Waals surface area contributed by atoms with Gasteiger partial charge in [0, 0.05) is 6.26 Å². The highest BCUT2D eigenvalue weighted by molar-refractivity contribution is 7.90. The lowest BCUT2D eigenvalue weighted by Crippen LogP contribution is -2.38. The normalized spacial score (nSPS) is 13.4. The quantitative estimate of drug-likeness (QED) is 0.663. The summed E-state index contributed by atoms with van der Waals surface area (Å²) in [5.41, 5.74) is 1.68. The number of rotatable bonds is 8. The summed E-state index contributed by atoms with van der Waals surface area (Å²) in [4.78, 5) is 25.2. The molecule has 1 amide bonds. The van der Waals surface area contributed by atoms with Crippen molar-refractivity contribution in [2.45, 2.75) is 50.7 Å². The van der Waals surface area contributed by atoms with Crippen LogP contribution in [0, 0.1) is 6.92 Å². The highest BCUT2D eigenvalue weighted by Crippen LogP contribution is 2.20. The van der Waals surface area contributed by atoms with Crippen molar-refractivity contribution >= 4 is 21.7 Å². The topological polar surface area (TPSA) is 89.5 Å². The molecule has 0 aromatic heterocycles. The smallest absolute Gasteiger partial charge is 0.339 e. The van der Waals surface area contributed by atoms with Crippen LogP contribution in [0.2, 0.25) is 0 Å². The number of hydrogen-bond acceptors (Lipinski definition) is 5. The van der Waals surface area contributed by atoms with Crippen LogP contribution in [-0.2, 0) is 19.4 Å². The van der Waals surface area contributed by atoms with Crippen molar-refractivity contribution in [3.63, 3.8) is 0 Å². The van der Waals surface area contributed by atoms with Gasteiger partial charge in [0.2, 0.25) is 0 Å². The number of nitrogens with one attached hydrogen (secondary N) is 1. The fourth-order valence-corrected chi connectivity index (χ4v) is 3.56. The van der Waals surface area contributed by atoms with Gasteiger partial charge in [0.25, 0.3) is 5.91 Å². The molecule has 0 saturated carbocycles. The Morgan fingerprint density at radius 3 is 2.34 bits per heavy atom. The van der Waals surface area contributed by atoms with Crippen molar-refractivity contribution in [1.29, 1.82) is 0 Å². The first-order valence-corrected chi connectivity index (χ1v) is 11.4. The molecule has 0 saturated heterocycles. The summed E-state index contributed by atoms with van der Waals surface area (Å²) in [5.74, 6) is -1.14. The Hall–Kier alpha value is -2.67. The summed E-state index contributed by atoms with van der Waals surface area (Å²) in [6, 6.07) is 13.7. The van der Waals surface area contributed by atoms with Crippen LogP contribution in [0.1, 0.15) is 54.2 Å². The maximum absolute atomic E-state index is 12.6. The molecule has 0 fully saturated rings. The molecule has 156 valence electrons. The number of carbonyl (C=O) groups is 2. The molecule has 2 atom stereocenters. The molecule has 0 bridgehead atoms. The van der Waals surface area contributed by atoms with Crippen molar-refractivity contribution in [3.8, 4) is 0 Å². The Morgan fingerprint density at radius 2 is 1.76 bits per heavy atom. The third kappa shape index (κ3) is 6.15. The molecule has 2 rings (SSSR count). The second kappa shape index (κ2) is 9.69. The molecule has 0 aliphatic rings. The van der Waals surface area contributed by atoms with Gasteiger partial charge >= 0.3 is 5.97 Å². The predicted molar refractivity (Wildman–Crippen MR) is 111 cm³/mol. The lowest BCUT2D eigenvalue weighted by atomic mass is 10.0. The Morgan fingerprint density at radius 1 is 1.10 bits per heavy atom. The van der Waals surface area contributed by atoms with E-state index < -0.39 is 27.8 Å².